The number of methoxy groups -OCH3 is 1. The van der Waals surface area contributed by atoms with Gasteiger partial charge in [-0.1, -0.05) is 0 Å². The standard InChI is InChI=1S/C16H17N3O4S/c1-9-12(16(22)23-2)18-14(24-9)10-5-4-8-19(10)15(21)13-11(20)6-3-7-17-13/h3,6-7,10,20H,4-5,8H2,1-2H3. The van der Waals surface area contributed by atoms with Gasteiger partial charge in [0.1, 0.15) is 10.8 Å². The Labute approximate surface area is 142 Å². The lowest BCUT2D eigenvalue weighted by Gasteiger charge is -2.22. The number of thiazole rings is 1. The van der Waals surface area contributed by atoms with Crippen LogP contribution >= 0.6 is 11.3 Å². The van der Waals surface area contributed by atoms with E-state index in [4.69, 9.17) is 4.74 Å². The van der Waals surface area contributed by atoms with Gasteiger partial charge in [-0.05, 0) is 31.9 Å². The molecule has 24 heavy (non-hydrogen) atoms. The van der Waals surface area contributed by atoms with Crippen molar-refractivity contribution in [3.05, 3.63) is 39.6 Å². The van der Waals surface area contributed by atoms with Crippen LogP contribution in [0.1, 0.15) is 49.7 Å². The number of pyridine rings is 1. The molecule has 0 saturated carbocycles. The Morgan fingerprint density at radius 2 is 2.21 bits per heavy atom. The molecule has 2 aromatic rings. The van der Waals surface area contributed by atoms with Crippen LogP contribution in [0.15, 0.2) is 18.3 Å². The van der Waals surface area contributed by atoms with Crippen LogP contribution in [0.2, 0.25) is 0 Å². The van der Waals surface area contributed by atoms with Gasteiger partial charge in [0, 0.05) is 17.6 Å². The van der Waals surface area contributed by atoms with Gasteiger partial charge in [0.2, 0.25) is 0 Å². The third-order valence-corrected chi connectivity index (χ3v) is 5.05. The lowest BCUT2D eigenvalue weighted by Crippen LogP contribution is -2.31. The second kappa shape index (κ2) is 6.56. The fraction of sp³-hybridized carbons (Fsp3) is 0.375. The molecule has 1 saturated heterocycles. The first-order chi connectivity index (χ1) is 11.5. The molecule has 3 heterocycles. The zero-order valence-electron chi connectivity index (χ0n) is 13.4. The predicted molar refractivity (Wildman–Crippen MR) is 87.1 cm³/mol. The molecule has 7 nitrogen and oxygen atoms in total. The van der Waals surface area contributed by atoms with Gasteiger partial charge in [0.15, 0.2) is 11.4 Å². The fourth-order valence-electron chi connectivity index (χ4n) is 2.81. The van der Waals surface area contributed by atoms with Gasteiger partial charge < -0.3 is 14.7 Å². The zero-order valence-corrected chi connectivity index (χ0v) is 14.2. The van der Waals surface area contributed by atoms with Gasteiger partial charge in [-0.3, -0.25) is 4.79 Å². The van der Waals surface area contributed by atoms with Crippen molar-refractivity contribution in [1.29, 1.82) is 0 Å². The van der Waals surface area contributed by atoms with E-state index in [-0.39, 0.29) is 29.1 Å². The van der Waals surface area contributed by atoms with E-state index in [1.54, 1.807) is 17.9 Å². The Morgan fingerprint density at radius 1 is 1.42 bits per heavy atom. The quantitative estimate of drug-likeness (QED) is 0.857. The number of esters is 1. The Bertz CT molecular complexity index is 789. The van der Waals surface area contributed by atoms with Gasteiger partial charge in [-0.15, -0.1) is 11.3 Å². The Morgan fingerprint density at radius 3 is 2.92 bits per heavy atom. The Hall–Kier alpha value is -2.48. The predicted octanol–water partition coefficient (Wildman–Crippen LogP) is 2.32. The van der Waals surface area contributed by atoms with Crippen LogP contribution in [0.25, 0.3) is 0 Å². The summed E-state index contributed by atoms with van der Waals surface area (Å²) in [6.45, 7) is 2.37. The summed E-state index contributed by atoms with van der Waals surface area (Å²) in [5.74, 6) is -0.949. The van der Waals surface area contributed by atoms with E-state index in [9.17, 15) is 14.7 Å². The zero-order chi connectivity index (χ0) is 17.3. The minimum atomic E-state index is -0.478. The van der Waals surface area contributed by atoms with E-state index in [1.807, 2.05) is 0 Å². The van der Waals surface area contributed by atoms with E-state index >= 15 is 0 Å². The molecule has 0 spiro atoms. The number of ether oxygens (including phenoxy) is 1. The summed E-state index contributed by atoms with van der Waals surface area (Å²) < 4.78 is 4.73. The number of aromatic hydroxyl groups is 1. The molecule has 0 radical (unpaired) electrons. The summed E-state index contributed by atoms with van der Waals surface area (Å²) in [5, 5.41) is 10.6. The minimum absolute atomic E-state index is 0.0332. The number of hydrogen-bond donors (Lipinski definition) is 1. The third kappa shape index (κ3) is 2.84. The van der Waals surface area contributed by atoms with E-state index < -0.39 is 5.97 Å². The molecule has 0 aliphatic carbocycles. The average Bonchev–Trinajstić information content (AvgIpc) is 3.20. The molecular formula is C16H17N3O4S. The molecule has 1 atom stereocenters. The van der Waals surface area contributed by atoms with Crippen molar-refractivity contribution in [1.82, 2.24) is 14.9 Å². The summed E-state index contributed by atoms with van der Waals surface area (Å²) >= 11 is 1.39. The first-order valence-electron chi connectivity index (χ1n) is 7.53. The second-order valence-electron chi connectivity index (χ2n) is 5.48. The molecule has 8 heteroatoms. The largest absolute Gasteiger partial charge is 0.505 e. The first kappa shape index (κ1) is 16.4. The molecule has 1 N–H and O–H groups in total. The van der Waals surface area contributed by atoms with Gasteiger partial charge in [0.25, 0.3) is 5.91 Å². The molecule has 1 aliphatic rings. The molecular weight excluding hydrogens is 330 g/mol. The summed E-state index contributed by atoms with van der Waals surface area (Å²) in [5.41, 5.74) is 0.323. The lowest BCUT2D eigenvalue weighted by molar-refractivity contribution is 0.0593. The average molecular weight is 347 g/mol. The minimum Gasteiger partial charge on any atom is -0.505 e. The smallest absolute Gasteiger partial charge is 0.357 e. The molecule has 1 fully saturated rings. The maximum absolute atomic E-state index is 12.7. The summed E-state index contributed by atoms with van der Waals surface area (Å²) in [6.07, 6.45) is 3.06. The fourth-order valence-corrected chi connectivity index (χ4v) is 3.87. The van der Waals surface area contributed by atoms with Crippen LogP contribution in [-0.4, -0.2) is 45.5 Å². The van der Waals surface area contributed by atoms with Gasteiger partial charge in [0.05, 0.1) is 13.2 Å². The van der Waals surface area contributed by atoms with Crippen LogP contribution in [-0.2, 0) is 4.74 Å². The monoisotopic (exact) mass is 347 g/mol. The summed E-state index contributed by atoms with van der Waals surface area (Å²) in [6, 6.07) is 2.79. The van der Waals surface area contributed by atoms with Crippen LogP contribution in [0.5, 0.6) is 5.75 Å². The number of carbonyl (C=O) groups excluding carboxylic acids is 2. The molecule has 1 unspecified atom stereocenters. The van der Waals surface area contributed by atoms with Crippen LogP contribution in [0, 0.1) is 6.92 Å². The van der Waals surface area contributed by atoms with Crippen molar-refractivity contribution in [3.63, 3.8) is 0 Å². The number of hydrogen-bond acceptors (Lipinski definition) is 7. The molecule has 126 valence electrons. The number of aromatic nitrogens is 2. The van der Waals surface area contributed by atoms with Gasteiger partial charge >= 0.3 is 5.97 Å². The lowest BCUT2D eigenvalue weighted by atomic mass is 10.2. The third-order valence-electron chi connectivity index (χ3n) is 3.98. The number of rotatable bonds is 3. The molecule has 0 aromatic carbocycles. The van der Waals surface area contributed by atoms with Crippen molar-refractivity contribution < 1.29 is 19.4 Å². The van der Waals surface area contributed by atoms with E-state index in [2.05, 4.69) is 9.97 Å². The van der Waals surface area contributed by atoms with Crippen LogP contribution < -0.4 is 0 Å². The van der Waals surface area contributed by atoms with Crippen molar-refractivity contribution in [2.75, 3.05) is 13.7 Å². The normalized spacial score (nSPS) is 17.1. The van der Waals surface area contributed by atoms with Crippen molar-refractivity contribution in [2.45, 2.75) is 25.8 Å². The Balaban J connectivity index is 1.90. The number of aryl methyl sites for hydroxylation is 1. The molecule has 2 aromatic heterocycles. The maximum atomic E-state index is 12.7. The van der Waals surface area contributed by atoms with Gasteiger partial charge in [-0.25, -0.2) is 14.8 Å². The molecule has 1 aliphatic heterocycles. The Kier molecular flexibility index (Phi) is 4.48. The number of likely N-dealkylation sites (tertiary alicyclic amines) is 1. The van der Waals surface area contributed by atoms with E-state index in [0.717, 1.165) is 17.7 Å². The first-order valence-corrected chi connectivity index (χ1v) is 8.35. The van der Waals surface area contributed by atoms with E-state index in [0.29, 0.717) is 11.6 Å². The van der Waals surface area contributed by atoms with Crippen molar-refractivity contribution >= 4 is 23.2 Å². The molecule has 1 amide bonds. The van der Waals surface area contributed by atoms with Crippen LogP contribution in [0.3, 0.4) is 0 Å². The molecule has 3 rings (SSSR count). The summed E-state index contributed by atoms with van der Waals surface area (Å²) in [7, 11) is 1.32. The highest BCUT2D eigenvalue weighted by Gasteiger charge is 2.35. The van der Waals surface area contributed by atoms with Crippen LogP contribution in [0.4, 0.5) is 0 Å². The summed E-state index contributed by atoms with van der Waals surface area (Å²) in [4.78, 5) is 35.2. The highest BCUT2D eigenvalue weighted by Crippen LogP contribution is 2.36. The molecule has 0 bridgehead atoms. The highest BCUT2D eigenvalue weighted by molar-refractivity contribution is 7.12. The number of amides is 1. The van der Waals surface area contributed by atoms with E-state index in [1.165, 1.54) is 30.7 Å². The number of nitrogens with zero attached hydrogens (tertiary/aromatic N) is 3. The topological polar surface area (TPSA) is 92.6 Å². The van der Waals surface area contributed by atoms with Crippen molar-refractivity contribution in [3.8, 4) is 5.75 Å². The second-order valence-corrected chi connectivity index (χ2v) is 6.71. The van der Waals surface area contributed by atoms with Crippen molar-refractivity contribution in [2.24, 2.45) is 0 Å². The maximum Gasteiger partial charge on any atom is 0.357 e. The van der Waals surface area contributed by atoms with Gasteiger partial charge in [-0.2, -0.15) is 0 Å². The highest BCUT2D eigenvalue weighted by atomic mass is 32.1. The number of carbonyl (C=O) groups is 2. The SMILES string of the molecule is COC(=O)c1nc(C2CCCN2C(=O)c2ncccc2O)sc1C.